The van der Waals surface area contributed by atoms with Crippen molar-refractivity contribution in [1.29, 1.82) is 0 Å². The van der Waals surface area contributed by atoms with Crippen molar-refractivity contribution < 1.29 is 9.47 Å². The molecular weight excluding hydrogens is 226 g/mol. The molecule has 2 rings (SSSR count). The predicted molar refractivity (Wildman–Crippen MR) is 72.8 cm³/mol. The Hall–Kier alpha value is -0.900. The Balaban J connectivity index is 1.74. The number of ether oxygens (including phenoxy) is 2. The zero-order valence-electron chi connectivity index (χ0n) is 11.2. The molecule has 1 N–H and O–H groups in total. The molecule has 0 radical (unpaired) electrons. The molecule has 100 valence electrons. The number of benzene rings is 1. The molecule has 0 fully saturated rings. The van der Waals surface area contributed by atoms with Crippen LogP contribution in [-0.4, -0.2) is 32.9 Å². The normalized spacial score (nSPS) is 18.6. The van der Waals surface area contributed by atoms with Gasteiger partial charge in [0, 0.05) is 6.54 Å². The molecule has 1 aromatic carbocycles. The van der Waals surface area contributed by atoms with E-state index in [9.17, 15) is 0 Å². The van der Waals surface area contributed by atoms with Crippen LogP contribution in [-0.2, 0) is 15.9 Å². The van der Waals surface area contributed by atoms with Crippen LogP contribution in [0.2, 0.25) is 0 Å². The quantitative estimate of drug-likeness (QED) is 0.752. The van der Waals surface area contributed by atoms with Gasteiger partial charge in [0.05, 0.1) is 19.8 Å². The standard InChI is InChI=1S/C15H23NO2/c1-2-8-16-9-11-17-12-15-14-6-4-3-5-13(14)7-10-18-15/h3-6,15-16H,2,7-12H2,1H3. The van der Waals surface area contributed by atoms with Gasteiger partial charge < -0.3 is 14.8 Å². The van der Waals surface area contributed by atoms with Crippen molar-refractivity contribution in [3.63, 3.8) is 0 Å². The molecule has 0 amide bonds. The Morgan fingerprint density at radius 3 is 3.11 bits per heavy atom. The number of nitrogens with one attached hydrogen (secondary N) is 1. The van der Waals surface area contributed by atoms with E-state index in [1.54, 1.807) is 0 Å². The van der Waals surface area contributed by atoms with Crippen LogP contribution in [0.5, 0.6) is 0 Å². The fourth-order valence-electron chi connectivity index (χ4n) is 2.25. The third kappa shape index (κ3) is 3.80. The highest BCUT2D eigenvalue weighted by atomic mass is 16.5. The van der Waals surface area contributed by atoms with E-state index in [1.807, 2.05) is 0 Å². The van der Waals surface area contributed by atoms with E-state index in [1.165, 1.54) is 17.5 Å². The average molecular weight is 249 g/mol. The van der Waals surface area contributed by atoms with E-state index in [2.05, 4.69) is 36.5 Å². The molecule has 18 heavy (non-hydrogen) atoms. The summed E-state index contributed by atoms with van der Waals surface area (Å²) < 4.78 is 11.5. The number of rotatable bonds is 7. The van der Waals surface area contributed by atoms with Gasteiger partial charge in [0.1, 0.15) is 6.10 Å². The smallest absolute Gasteiger partial charge is 0.106 e. The van der Waals surface area contributed by atoms with E-state index >= 15 is 0 Å². The zero-order chi connectivity index (χ0) is 12.6. The monoisotopic (exact) mass is 249 g/mol. The van der Waals surface area contributed by atoms with Crippen molar-refractivity contribution in [2.24, 2.45) is 0 Å². The summed E-state index contributed by atoms with van der Waals surface area (Å²) in [5.41, 5.74) is 2.70. The molecule has 0 saturated carbocycles. The first kappa shape index (κ1) is 13.5. The zero-order valence-corrected chi connectivity index (χ0v) is 11.2. The van der Waals surface area contributed by atoms with Gasteiger partial charge in [0.25, 0.3) is 0 Å². The molecule has 3 nitrogen and oxygen atoms in total. The maximum atomic E-state index is 5.79. The second kappa shape index (κ2) is 7.52. The summed E-state index contributed by atoms with van der Waals surface area (Å²) in [6.45, 7) is 6.36. The summed E-state index contributed by atoms with van der Waals surface area (Å²) in [5, 5.41) is 3.33. The van der Waals surface area contributed by atoms with Crippen LogP contribution in [0.3, 0.4) is 0 Å². The van der Waals surface area contributed by atoms with Crippen molar-refractivity contribution in [1.82, 2.24) is 5.32 Å². The van der Waals surface area contributed by atoms with Crippen LogP contribution in [0, 0.1) is 0 Å². The lowest BCUT2D eigenvalue weighted by Crippen LogP contribution is -2.24. The first-order valence-corrected chi connectivity index (χ1v) is 6.89. The third-order valence-electron chi connectivity index (χ3n) is 3.21. The van der Waals surface area contributed by atoms with Crippen LogP contribution >= 0.6 is 0 Å². The van der Waals surface area contributed by atoms with Gasteiger partial charge in [-0.1, -0.05) is 31.2 Å². The molecule has 1 aromatic rings. The van der Waals surface area contributed by atoms with Gasteiger partial charge in [0.15, 0.2) is 0 Å². The topological polar surface area (TPSA) is 30.5 Å². The summed E-state index contributed by atoms with van der Waals surface area (Å²) in [4.78, 5) is 0. The highest BCUT2D eigenvalue weighted by Gasteiger charge is 2.20. The average Bonchev–Trinajstić information content (AvgIpc) is 2.43. The minimum atomic E-state index is 0.112. The lowest BCUT2D eigenvalue weighted by molar-refractivity contribution is -0.0241. The minimum Gasteiger partial charge on any atom is -0.377 e. The molecule has 1 aliphatic heterocycles. The molecule has 0 saturated heterocycles. The molecule has 1 aliphatic rings. The minimum absolute atomic E-state index is 0.112. The summed E-state index contributed by atoms with van der Waals surface area (Å²) in [7, 11) is 0. The molecule has 0 aromatic heterocycles. The Kier molecular flexibility index (Phi) is 5.65. The lowest BCUT2D eigenvalue weighted by atomic mass is 9.98. The molecular formula is C15H23NO2. The predicted octanol–water partition coefficient (Wildman–Crippen LogP) is 2.32. The Morgan fingerprint density at radius 1 is 1.33 bits per heavy atom. The van der Waals surface area contributed by atoms with Crippen LogP contribution in [0.4, 0.5) is 0 Å². The third-order valence-corrected chi connectivity index (χ3v) is 3.21. The largest absolute Gasteiger partial charge is 0.377 e. The van der Waals surface area contributed by atoms with E-state index in [0.717, 1.165) is 32.7 Å². The van der Waals surface area contributed by atoms with Crippen molar-refractivity contribution in [2.45, 2.75) is 25.9 Å². The fourth-order valence-corrected chi connectivity index (χ4v) is 2.25. The van der Waals surface area contributed by atoms with E-state index in [0.29, 0.717) is 6.61 Å². The molecule has 0 aliphatic carbocycles. The second-order valence-electron chi connectivity index (χ2n) is 4.63. The van der Waals surface area contributed by atoms with Crippen LogP contribution in [0.15, 0.2) is 24.3 Å². The fraction of sp³-hybridized carbons (Fsp3) is 0.600. The van der Waals surface area contributed by atoms with Gasteiger partial charge in [0.2, 0.25) is 0 Å². The number of hydrogen-bond acceptors (Lipinski definition) is 3. The first-order valence-electron chi connectivity index (χ1n) is 6.89. The molecule has 0 bridgehead atoms. The van der Waals surface area contributed by atoms with Crippen molar-refractivity contribution in [2.75, 3.05) is 32.9 Å². The van der Waals surface area contributed by atoms with Crippen LogP contribution in [0.1, 0.15) is 30.6 Å². The van der Waals surface area contributed by atoms with E-state index in [-0.39, 0.29) is 6.10 Å². The highest BCUT2D eigenvalue weighted by molar-refractivity contribution is 5.30. The molecule has 1 heterocycles. The second-order valence-corrected chi connectivity index (χ2v) is 4.63. The van der Waals surface area contributed by atoms with Crippen molar-refractivity contribution in [3.8, 4) is 0 Å². The maximum Gasteiger partial charge on any atom is 0.106 e. The molecule has 0 spiro atoms. The summed E-state index contributed by atoms with van der Waals surface area (Å²) >= 11 is 0. The van der Waals surface area contributed by atoms with Gasteiger partial charge >= 0.3 is 0 Å². The van der Waals surface area contributed by atoms with Crippen LogP contribution in [0.25, 0.3) is 0 Å². The maximum absolute atomic E-state index is 5.79. The van der Waals surface area contributed by atoms with Gasteiger partial charge in [-0.05, 0) is 30.5 Å². The van der Waals surface area contributed by atoms with Crippen LogP contribution < -0.4 is 5.32 Å². The molecule has 1 unspecified atom stereocenters. The van der Waals surface area contributed by atoms with Crippen molar-refractivity contribution >= 4 is 0 Å². The number of hydrogen-bond donors (Lipinski definition) is 1. The SMILES string of the molecule is CCCNCCOCC1OCCc2ccccc21. The van der Waals surface area contributed by atoms with Gasteiger partial charge in [-0.2, -0.15) is 0 Å². The lowest BCUT2D eigenvalue weighted by Gasteiger charge is -2.25. The Morgan fingerprint density at radius 2 is 2.22 bits per heavy atom. The molecule has 3 heteroatoms. The van der Waals surface area contributed by atoms with E-state index < -0.39 is 0 Å². The summed E-state index contributed by atoms with van der Waals surface area (Å²) in [6, 6.07) is 8.51. The Bertz CT molecular complexity index is 354. The summed E-state index contributed by atoms with van der Waals surface area (Å²) in [6.07, 6.45) is 2.30. The van der Waals surface area contributed by atoms with Gasteiger partial charge in [-0.25, -0.2) is 0 Å². The Labute approximate surface area is 109 Å². The molecule has 1 atom stereocenters. The van der Waals surface area contributed by atoms with E-state index in [4.69, 9.17) is 9.47 Å². The summed E-state index contributed by atoms with van der Waals surface area (Å²) in [5.74, 6) is 0. The number of fused-ring (bicyclic) bond motifs is 1. The van der Waals surface area contributed by atoms with Gasteiger partial charge in [-0.3, -0.25) is 0 Å². The van der Waals surface area contributed by atoms with Crippen molar-refractivity contribution in [3.05, 3.63) is 35.4 Å². The highest BCUT2D eigenvalue weighted by Crippen LogP contribution is 2.26. The van der Waals surface area contributed by atoms with Gasteiger partial charge in [-0.15, -0.1) is 0 Å². The first-order chi connectivity index (χ1) is 8.92.